The van der Waals surface area contributed by atoms with Crippen LogP contribution >= 0.6 is 22.9 Å². The van der Waals surface area contributed by atoms with Crippen molar-refractivity contribution in [3.8, 4) is 27.6 Å². The average molecular weight is 467 g/mol. The number of carbonyl (C=O) groups excluding carboxylic acids is 1. The third kappa shape index (κ3) is 4.82. The maximum atomic E-state index is 14.2. The largest absolute Gasteiger partial charge is 0.478 e. The van der Waals surface area contributed by atoms with E-state index in [9.17, 15) is 9.18 Å². The molecule has 3 aromatic carbocycles. The molecule has 0 atom stereocenters. The molecule has 0 radical (unpaired) electrons. The molecule has 1 heterocycles. The summed E-state index contributed by atoms with van der Waals surface area (Å²) in [7, 11) is 0. The lowest BCUT2D eigenvalue weighted by Crippen LogP contribution is -2.42. The second-order valence-electron chi connectivity index (χ2n) is 7.58. The first-order valence-electron chi connectivity index (χ1n) is 9.89. The van der Waals surface area contributed by atoms with Crippen molar-refractivity contribution < 1.29 is 13.9 Å². The molecule has 0 aliphatic rings. The first kappa shape index (κ1) is 22.0. The molecule has 4 nitrogen and oxygen atoms in total. The van der Waals surface area contributed by atoms with E-state index in [1.165, 1.54) is 17.4 Å². The summed E-state index contributed by atoms with van der Waals surface area (Å²) in [6.07, 6.45) is 0. The van der Waals surface area contributed by atoms with Gasteiger partial charge in [0, 0.05) is 21.5 Å². The molecule has 1 amide bonds. The molecule has 4 rings (SSSR count). The Hall–Kier alpha value is -3.22. The van der Waals surface area contributed by atoms with E-state index in [1.54, 1.807) is 62.4 Å². The van der Waals surface area contributed by atoms with Crippen molar-refractivity contribution in [3.63, 3.8) is 0 Å². The van der Waals surface area contributed by atoms with Crippen LogP contribution in [0.25, 0.3) is 21.8 Å². The van der Waals surface area contributed by atoms with Crippen molar-refractivity contribution in [2.45, 2.75) is 19.4 Å². The number of para-hydroxylation sites is 1. The fourth-order valence-corrected chi connectivity index (χ4v) is 4.06. The molecule has 0 saturated carbocycles. The normalized spacial score (nSPS) is 11.2. The summed E-state index contributed by atoms with van der Waals surface area (Å²) in [4.78, 5) is 17.6. The molecule has 0 bridgehead atoms. The van der Waals surface area contributed by atoms with Gasteiger partial charge in [0.2, 0.25) is 0 Å². The van der Waals surface area contributed by atoms with Crippen LogP contribution < -0.4 is 10.1 Å². The Labute approximate surface area is 194 Å². The maximum Gasteiger partial charge on any atom is 0.267 e. The van der Waals surface area contributed by atoms with Crippen LogP contribution in [-0.2, 0) is 4.79 Å². The zero-order chi connectivity index (χ0) is 22.7. The van der Waals surface area contributed by atoms with Crippen LogP contribution in [0.1, 0.15) is 13.8 Å². The van der Waals surface area contributed by atoms with Crippen LogP contribution in [0.2, 0.25) is 5.02 Å². The average Bonchev–Trinajstić information content (AvgIpc) is 3.26. The van der Waals surface area contributed by atoms with Crippen molar-refractivity contribution in [1.82, 2.24) is 4.98 Å². The Kier molecular flexibility index (Phi) is 6.26. The van der Waals surface area contributed by atoms with Gasteiger partial charge in [-0.25, -0.2) is 9.37 Å². The number of nitrogens with zero attached hydrogens (tertiary/aromatic N) is 1. The molecule has 1 aromatic heterocycles. The second kappa shape index (κ2) is 9.10. The molecule has 4 aromatic rings. The van der Waals surface area contributed by atoms with Gasteiger partial charge in [0.25, 0.3) is 5.91 Å². The molecule has 0 aliphatic carbocycles. The van der Waals surface area contributed by atoms with E-state index in [1.807, 2.05) is 23.6 Å². The number of nitrogens with one attached hydrogen (secondary N) is 1. The quantitative estimate of drug-likeness (QED) is 0.330. The standard InChI is InChI=1S/C25H20ClFN2O2S/c1-25(2,31-17-13-11-16(26)12-14-17)24(30)29-21-10-6-4-8-19(21)22-15-32-23(28-22)18-7-3-5-9-20(18)27/h3-15H,1-2H3,(H,29,30). The highest BCUT2D eigenvalue weighted by atomic mass is 35.5. The van der Waals surface area contributed by atoms with Crippen molar-refractivity contribution in [1.29, 1.82) is 0 Å². The minimum atomic E-state index is -1.14. The molecule has 0 unspecified atom stereocenters. The smallest absolute Gasteiger partial charge is 0.267 e. The molecule has 7 heteroatoms. The predicted molar refractivity (Wildman–Crippen MR) is 128 cm³/mol. The van der Waals surface area contributed by atoms with E-state index in [4.69, 9.17) is 16.3 Å². The van der Waals surface area contributed by atoms with Gasteiger partial charge in [-0.2, -0.15) is 0 Å². The van der Waals surface area contributed by atoms with Crippen molar-refractivity contribution in [2.75, 3.05) is 5.32 Å². The van der Waals surface area contributed by atoms with E-state index in [-0.39, 0.29) is 11.7 Å². The monoisotopic (exact) mass is 466 g/mol. The van der Waals surface area contributed by atoms with Gasteiger partial charge in [-0.05, 0) is 56.3 Å². The summed E-state index contributed by atoms with van der Waals surface area (Å²) < 4.78 is 20.0. The Morgan fingerprint density at radius 1 is 1.00 bits per heavy atom. The first-order valence-corrected chi connectivity index (χ1v) is 11.1. The van der Waals surface area contributed by atoms with Crippen LogP contribution in [0, 0.1) is 5.82 Å². The topological polar surface area (TPSA) is 51.2 Å². The van der Waals surface area contributed by atoms with Gasteiger partial charge in [-0.15, -0.1) is 11.3 Å². The Morgan fingerprint density at radius 2 is 1.66 bits per heavy atom. The fraction of sp³-hybridized carbons (Fsp3) is 0.120. The van der Waals surface area contributed by atoms with Gasteiger partial charge < -0.3 is 10.1 Å². The third-order valence-electron chi connectivity index (χ3n) is 4.79. The highest BCUT2D eigenvalue weighted by Crippen LogP contribution is 2.34. The fourth-order valence-electron chi connectivity index (χ4n) is 3.09. The highest BCUT2D eigenvalue weighted by molar-refractivity contribution is 7.13. The van der Waals surface area contributed by atoms with Crippen LogP contribution in [0.4, 0.5) is 10.1 Å². The number of hydrogen-bond donors (Lipinski definition) is 1. The van der Waals surface area contributed by atoms with Gasteiger partial charge in [0.1, 0.15) is 16.6 Å². The number of thiazole rings is 1. The minimum Gasteiger partial charge on any atom is -0.478 e. The molecular weight excluding hydrogens is 447 g/mol. The highest BCUT2D eigenvalue weighted by Gasteiger charge is 2.30. The van der Waals surface area contributed by atoms with Crippen LogP contribution in [-0.4, -0.2) is 16.5 Å². The number of aromatic nitrogens is 1. The number of amides is 1. The van der Waals surface area contributed by atoms with Crippen molar-refractivity contribution in [3.05, 3.63) is 89.0 Å². The van der Waals surface area contributed by atoms with E-state index >= 15 is 0 Å². The number of halogens is 2. The molecule has 0 fully saturated rings. The number of anilines is 1. The van der Waals surface area contributed by atoms with E-state index in [0.717, 1.165) is 5.56 Å². The molecule has 162 valence electrons. The zero-order valence-electron chi connectivity index (χ0n) is 17.4. The van der Waals surface area contributed by atoms with Gasteiger partial charge >= 0.3 is 0 Å². The van der Waals surface area contributed by atoms with E-state index in [2.05, 4.69) is 10.3 Å². The number of carbonyl (C=O) groups is 1. The Balaban J connectivity index is 1.57. The molecule has 1 N–H and O–H groups in total. The van der Waals surface area contributed by atoms with Crippen LogP contribution in [0.5, 0.6) is 5.75 Å². The van der Waals surface area contributed by atoms with E-state index in [0.29, 0.717) is 32.7 Å². The summed E-state index contributed by atoms with van der Waals surface area (Å²) in [5.74, 6) is -0.0996. The number of ether oxygens (including phenoxy) is 1. The van der Waals surface area contributed by atoms with Gasteiger partial charge in [-0.3, -0.25) is 4.79 Å². The number of benzene rings is 3. The van der Waals surface area contributed by atoms with Gasteiger partial charge in [0.15, 0.2) is 5.60 Å². The molecule has 0 aliphatic heterocycles. The first-order chi connectivity index (χ1) is 15.3. The number of rotatable bonds is 6. The van der Waals surface area contributed by atoms with Gasteiger partial charge in [-0.1, -0.05) is 41.9 Å². The summed E-state index contributed by atoms with van der Waals surface area (Å²) in [5.41, 5.74) is 1.29. The summed E-state index contributed by atoms with van der Waals surface area (Å²) >= 11 is 7.27. The molecular formula is C25H20ClFN2O2S. The predicted octanol–water partition coefficient (Wildman–Crippen LogP) is 7.07. The minimum absolute atomic E-state index is 0.315. The van der Waals surface area contributed by atoms with E-state index < -0.39 is 5.60 Å². The lowest BCUT2D eigenvalue weighted by atomic mass is 10.1. The third-order valence-corrected chi connectivity index (χ3v) is 5.92. The lowest BCUT2D eigenvalue weighted by molar-refractivity contribution is -0.128. The lowest BCUT2D eigenvalue weighted by Gasteiger charge is -2.26. The van der Waals surface area contributed by atoms with Crippen LogP contribution in [0.3, 0.4) is 0 Å². The second-order valence-corrected chi connectivity index (χ2v) is 8.88. The Bertz CT molecular complexity index is 1250. The van der Waals surface area contributed by atoms with Crippen molar-refractivity contribution >= 4 is 34.5 Å². The summed E-state index contributed by atoms with van der Waals surface area (Å²) in [6, 6.07) is 20.7. The number of hydrogen-bond acceptors (Lipinski definition) is 4. The molecule has 32 heavy (non-hydrogen) atoms. The van der Waals surface area contributed by atoms with Crippen molar-refractivity contribution in [2.24, 2.45) is 0 Å². The Morgan fingerprint density at radius 3 is 2.38 bits per heavy atom. The maximum absolute atomic E-state index is 14.2. The summed E-state index contributed by atoms with van der Waals surface area (Å²) in [6.45, 7) is 3.39. The van der Waals surface area contributed by atoms with Crippen LogP contribution in [0.15, 0.2) is 78.2 Å². The molecule has 0 spiro atoms. The SMILES string of the molecule is CC(C)(Oc1ccc(Cl)cc1)C(=O)Nc1ccccc1-c1csc(-c2ccccc2F)n1. The molecule has 0 saturated heterocycles. The van der Waals surface area contributed by atoms with Gasteiger partial charge in [0.05, 0.1) is 11.4 Å². The zero-order valence-corrected chi connectivity index (χ0v) is 19.0. The summed E-state index contributed by atoms with van der Waals surface area (Å²) in [5, 5.41) is 5.96.